The summed E-state index contributed by atoms with van der Waals surface area (Å²) in [4.78, 5) is 0.979. The number of nitrogens with zero attached hydrogens (tertiary/aromatic N) is 5. The first-order chi connectivity index (χ1) is 16.1. The third kappa shape index (κ3) is 4.56. The molecule has 1 aromatic carbocycles. The van der Waals surface area contributed by atoms with E-state index in [1.54, 1.807) is 30.2 Å². The number of ether oxygens (including phenoxy) is 1. The molecule has 3 aromatic heterocycles. The standard InChI is InChI=1S/C24H27N5O2S2/c1-15-7-4-5-8-19(15)29-21(17-10-12-18(30-3)13-11-17)25-28-24(29)33-16(2)22-26-27-23(31-22)20-9-6-14-32-20/h6,9-16,19H,4-5,7-8H2,1-3H3. The summed E-state index contributed by atoms with van der Waals surface area (Å²) in [7, 11) is 1.68. The molecule has 0 N–H and O–H groups in total. The van der Waals surface area contributed by atoms with Gasteiger partial charge in [0.05, 0.1) is 17.2 Å². The molecule has 0 radical (unpaired) electrons. The van der Waals surface area contributed by atoms with Gasteiger partial charge in [0.25, 0.3) is 5.89 Å². The van der Waals surface area contributed by atoms with E-state index in [0.29, 0.717) is 23.7 Å². The molecule has 4 aromatic rings. The van der Waals surface area contributed by atoms with E-state index < -0.39 is 0 Å². The Labute approximate surface area is 201 Å². The van der Waals surface area contributed by atoms with Crippen molar-refractivity contribution >= 4 is 23.1 Å². The number of aromatic nitrogens is 5. The zero-order chi connectivity index (χ0) is 22.8. The number of rotatable bonds is 7. The summed E-state index contributed by atoms with van der Waals surface area (Å²) in [5, 5.41) is 20.7. The summed E-state index contributed by atoms with van der Waals surface area (Å²) in [6, 6.07) is 12.4. The number of benzene rings is 1. The minimum atomic E-state index is -0.0447. The lowest BCUT2D eigenvalue weighted by atomic mass is 9.85. The van der Waals surface area contributed by atoms with Gasteiger partial charge in [-0.2, -0.15) is 0 Å². The van der Waals surface area contributed by atoms with Gasteiger partial charge in [-0.05, 0) is 61.4 Å². The fourth-order valence-corrected chi connectivity index (χ4v) is 5.96. The first kappa shape index (κ1) is 22.2. The largest absolute Gasteiger partial charge is 0.497 e. The number of hydrogen-bond donors (Lipinski definition) is 0. The molecule has 3 heterocycles. The van der Waals surface area contributed by atoms with Crippen molar-refractivity contribution in [2.45, 2.75) is 56.0 Å². The highest BCUT2D eigenvalue weighted by atomic mass is 32.2. The normalized spacial score (nSPS) is 19.5. The first-order valence-corrected chi connectivity index (χ1v) is 13.0. The van der Waals surface area contributed by atoms with Crippen LogP contribution in [-0.4, -0.2) is 32.1 Å². The van der Waals surface area contributed by atoms with E-state index in [4.69, 9.17) is 9.15 Å². The van der Waals surface area contributed by atoms with Crippen LogP contribution < -0.4 is 4.74 Å². The van der Waals surface area contributed by atoms with Gasteiger partial charge in [0, 0.05) is 11.6 Å². The Bertz CT molecular complexity index is 1190. The van der Waals surface area contributed by atoms with Crippen molar-refractivity contribution < 1.29 is 9.15 Å². The Balaban J connectivity index is 1.47. The summed E-state index contributed by atoms with van der Waals surface area (Å²) in [6.45, 7) is 4.41. The van der Waals surface area contributed by atoms with Crippen molar-refractivity contribution in [3.63, 3.8) is 0 Å². The minimum Gasteiger partial charge on any atom is -0.497 e. The predicted octanol–water partition coefficient (Wildman–Crippen LogP) is 6.67. The molecule has 1 aliphatic carbocycles. The Kier molecular flexibility index (Phi) is 6.50. The van der Waals surface area contributed by atoms with Crippen molar-refractivity contribution in [3.8, 4) is 27.9 Å². The van der Waals surface area contributed by atoms with Crippen LogP contribution in [0.15, 0.2) is 51.4 Å². The lowest BCUT2D eigenvalue weighted by molar-refractivity contribution is 0.247. The van der Waals surface area contributed by atoms with Crippen molar-refractivity contribution in [2.75, 3.05) is 7.11 Å². The molecule has 9 heteroatoms. The van der Waals surface area contributed by atoms with E-state index in [9.17, 15) is 0 Å². The Morgan fingerprint density at radius 2 is 1.91 bits per heavy atom. The van der Waals surface area contributed by atoms with Crippen LogP contribution in [0.5, 0.6) is 5.75 Å². The van der Waals surface area contributed by atoms with Crippen LogP contribution in [0.1, 0.15) is 56.7 Å². The second-order valence-electron chi connectivity index (χ2n) is 8.42. The molecule has 3 atom stereocenters. The highest BCUT2D eigenvalue weighted by molar-refractivity contribution is 7.99. The second-order valence-corrected chi connectivity index (χ2v) is 10.7. The zero-order valence-electron chi connectivity index (χ0n) is 19.0. The highest BCUT2D eigenvalue weighted by Gasteiger charge is 2.30. The van der Waals surface area contributed by atoms with Crippen LogP contribution in [0, 0.1) is 5.92 Å². The van der Waals surface area contributed by atoms with E-state index in [0.717, 1.165) is 33.6 Å². The van der Waals surface area contributed by atoms with Crippen molar-refractivity contribution in [2.24, 2.45) is 5.92 Å². The molecule has 0 amide bonds. The molecule has 0 spiro atoms. The third-order valence-electron chi connectivity index (χ3n) is 6.21. The first-order valence-electron chi connectivity index (χ1n) is 11.3. The molecular formula is C24H27N5O2S2. The molecule has 0 bridgehead atoms. The van der Waals surface area contributed by atoms with Gasteiger partial charge in [-0.3, -0.25) is 4.57 Å². The van der Waals surface area contributed by atoms with Crippen LogP contribution >= 0.6 is 23.1 Å². The Morgan fingerprint density at radius 1 is 1.09 bits per heavy atom. The molecule has 33 heavy (non-hydrogen) atoms. The molecule has 172 valence electrons. The highest BCUT2D eigenvalue weighted by Crippen LogP contribution is 2.42. The fraction of sp³-hybridized carbons (Fsp3) is 0.417. The SMILES string of the molecule is COc1ccc(-c2nnc(SC(C)c3nnc(-c4cccs4)o3)n2C2CCCCC2C)cc1. The summed E-state index contributed by atoms with van der Waals surface area (Å²) < 4.78 is 13.7. The predicted molar refractivity (Wildman–Crippen MR) is 131 cm³/mol. The third-order valence-corrected chi connectivity index (χ3v) is 8.12. The Hall–Kier alpha value is -2.65. The second kappa shape index (κ2) is 9.69. The molecule has 7 nitrogen and oxygen atoms in total. The van der Waals surface area contributed by atoms with Gasteiger partial charge in [0.2, 0.25) is 5.89 Å². The average Bonchev–Trinajstić information content (AvgIpc) is 3.60. The maximum Gasteiger partial charge on any atom is 0.257 e. The lowest BCUT2D eigenvalue weighted by Crippen LogP contribution is -2.22. The van der Waals surface area contributed by atoms with Crippen LogP contribution in [-0.2, 0) is 0 Å². The maximum atomic E-state index is 5.98. The molecule has 0 aliphatic heterocycles. The summed E-state index contributed by atoms with van der Waals surface area (Å²) in [5.74, 6) is 3.46. The molecule has 1 aliphatic rings. The van der Waals surface area contributed by atoms with Gasteiger partial charge in [0.1, 0.15) is 5.75 Å². The molecule has 1 saturated carbocycles. The number of thiophene rings is 1. The van der Waals surface area contributed by atoms with Crippen LogP contribution in [0.2, 0.25) is 0 Å². The van der Waals surface area contributed by atoms with Gasteiger partial charge in [-0.25, -0.2) is 0 Å². The monoisotopic (exact) mass is 481 g/mol. The van der Waals surface area contributed by atoms with Crippen molar-refractivity contribution in [1.29, 1.82) is 0 Å². The Morgan fingerprint density at radius 3 is 2.64 bits per heavy atom. The van der Waals surface area contributed by atoms with E-state index >= 15 is 0 Å². The molecule has 5 rings (SSSR count). The number of thioether (sulfide) groups is 1. The average molecular weight is 482 g/mol. The zero-order valence-corrected chi connectivity index (χ0v) is 20.6. The maximum absolute atomic E-state index is 5.98. The fourth-order valence-electron chi connectivity index (χ4n) is 4.38. The van der Waals surface area contributed by atoms with E-state index in [1.807, 2.05) is 29.6 Å². The molecule has 0 saturated heterocycles. The smallest absolute Gasteiger partial charge is 0.257 e. The van der Waals surface area contributed by atoms with E-state index in [1.165, 1.54) is 19.3 Å². The van der Waals surface area contributed by atoms with Gasteiger partial charge >= 0.3 is 0 Å². The molecule has 1 fully saturated rings. The van der Waals surface area contributed by atoms with E-state index in [2.05, 4.69) is 50.9 Å². The quantitative estimate of drug-likeness (QED) is 0.273. The van der Waals surface area contributed by atoms with E-state index in [-0.39, 0.29) is 5.25 Å². The van der Waals surface area contributed by atoms with Gasteiger partial charge in [-0.1, -0.05) is 37.6 Å². The van der Waals surface area contributed by atoms with Crippen LogP contribution in [0.4, 0.5) is 0 Å². The molecule has 3 unspecified atom stereocenters. The molecular weight excluding hydrogens is 454 g/mol. The van der Waals surface area contributed by atoms with Crippen LogP contribution in [0.3, 0.4) is 0 Å². The summed E-state index contributed by atoms with van der Waals surface area (Å²) in [5.41, 5.74) is 1.04. The topological polar surface area (TPSA) is 78.9 Å². The number of hydrogen-bond acceptors (Lipinski definition) is 8. The lowest BCUT2D eigenvalue weighted by Gasteiger charge is -2.31. The van der Waals surface area contributed by atoms with Gasteiger partial charge in [0.15, 0.2) is 11.0 Å². The van der Waals surface area contributed by atoms with Gasteiger partial charge in [-0.15, -0.1) is 31.7 Å². The minimum absolute atomic E-state index is 0.0447. The summed E-state index contributed by atoms with van der Waals surface area (Å²) in [6.07, 6.45) is 4.86. The van der Waals surface area contributed by atoms with Crippen LogP contribution in [0.25, 0.3) is 22.2 Å². The number of methoxy groups -OCH3 is 1. The van der Waals surface area contributed by atoms with Gasteiger partial charge < -0.3 is 9.15 Å². The summed E-state index contributed by atoms with van der Waals surface area (Å²) >= 11 is 3.22. The van der Waals surface area contributed by atoms with Crippen molar-refractivity contribution in [3.05, 3.63) is 47.7 Å². The van der Waals surface area contributed by atoms with Crippen molar-refractivity contribution in [1.82, 2.24) is 25.0 Å².